The van der Waals surface area contributed by atoms with Crippen LogP contribution in [0.1, 0.15) is 24.2 Å². The van der Waals surface area contributed by atoms with Gasteiger partial charge >= 0.3 is 0 Å². The largest absolute Gasteiger partial charge is 0.398 e. The number of nitrogens with zero attached hydrogens (tertiary/aromatic N) is 1. The molecule has 4 nitrogen and oxygen atoms in total. The summed E-state index contributed by atoms with van der Waals surface area (Å²) in [4.78, 5) is 13.6. The van der Waals surface area contributed by atoms with Crippen LogP contribution in [0, 0.1) is 5.82 Å². The molecule has 0 unspecified atom stereocenters. The number of anilines is 1. The van der Waals surface area contributed by atoms with Gasteiger partial charge in [0.2, 0.25) is 0 Å². The van der Waals surface area contributed by atoms with E-state index in [-0.39, 0.29) is 36.4 Å². The average molecular weight is 240 g/mol. The number of halogens is 1. The Kier molecular flexibility index (Phi) is 4.45. The van der Waals surface area contributed by atoms with Gasteiger partial charge in [-0.1, -0.05) is 0 Å². The normalized spacial score (nSPS) is 10.6. The monoisotopic (exact) mass is 240 g/mol. The Morgan fingerprint density at radius 2 is 2.18 bits per heavy atom. The predicted molar refractivity (Wildman–Crippen MR) is 64.1 cm³/mol. The van der Waals surface area contributed by atoms with Gasteiger partial charge in [0.25, 0.3) is 5.91 Å². The molecule has 1 aromatic rings. The van der Waals surface area contributed by atoms with E-state index in [1.54, 1.807) is 0 Å². The molecule has 1 amide bonds. The van der Waals surface area contributed by atoms with Crippen molar-refractivity contribution >= 4 is 11.6 Å². The minimum absolute atomic E-state index is 0.0564. The molecule has 0 saturated carbocycles. The first-order valence-corrected chi connectivity index (χ1v) is 5.44. The second-order valence-electron chi connectivity index (χ2n) is 4.05. The van der Waals surface area contributed by atoms with E-state index < -0.39 is 5.82 Å². The lowest BCUT2D eigenvalue weighted by atomic mass is 10.1. The SMILES string of the molecule is CC(C)N(CCO)C(=O)c1ccc(F)cc1N. The van der Waals surface area contributed by atoms with E-state index >= 15 is 0 Å². The molecule has 0 atom stereocenters. The minimum atomic E-state index is -0.475. The summed E-state index contributed by atoms with van der Waals surface area (Å²) in [5, 5.41) is 8.91. The van der Waals surface area contributed by atoms with Crippen LogP contribution in [0.2, 0.25) is 0 Å². The van der Waals surface area contributed by atoms with Gasteiger partial charge in [0, 0.05) is 18.3 Å². The van der Waals surface area contributed by atoms with Crippen molar-refractivity contribution in [1.82, 2.24) is 4.90 Å². The van der Waals surface area contributed by atoms with Crippen molar-refractivity contribution in [3.05, 3.63) is 29.6 Å². The van der Waals surface area contributed by atoms with E-state index in [4.69, 9.17) is 10.8 Å². The van der Waals surface area contributed by atoms with E-state index in [1.165, 1.54) is 17.0 Å². The predicted octanol–water partition coefficient (Wildman–Crippen LogP) is 1.25. The summed E-state index contributed by atoms with van der Waals surface area (Å²) in [5.41, 5.74) is 5.97. The zero-order valence-corrected chi connectivity index (χ0v) is 9.98. The molecule has 0 saturated heterocycles. The lowest BCUT2D eigenvalue weighted by molar-refractivity contribution is 0.0666. The second-order valence-corrected chi connectivity index (χ2v) is 4.05. The molecule has 0 aliphatic carbocycles. The molecule has 5 heteroatoms. The number of hydrogen-bond donors (Lipinski definition) is 2. The number of aliphatic hydroxyl groups excluding tert-OH is 1. The van der Waals surface area contributed by atoms with Gasteiger partial charge in [0.05, 0.1) is 12.2 Å². The van der Waals surface area contributed by atoms with Crippen LogP contribution in [0.15, 0.2) is 18.2 Å². The molecule has 0 bridgehead atoms. The van der Waals surface area contributed by atoms with Gasteiger partial charge in [-0.15, -0.1) is 0 Å². The van der Waals surface area contributed by atoms with Crippen LogP contribution < -0.4 is 5.73 Å². The molecule has 17 heavy (non-hydrogen) atoms. The maximum atomic E-state index is 12.9. The summed E-state index contributed by atoms with van der Waals surface area (Å²) in [7, 11) is 0. The fourth-order valence-electron chi connectivity index (χ4n) is 1.59. The van der Waals surface area contributed by atoms with Gasteiger partial charge in [0.1, 0.15) is 5.82 Å². The zero-order valence-electron chi connectivity index (χ0n) is 9.98. The smallest absolute Gasteiger partial charge is 0.256 e. The lowest BCUT2D eigenvalue weighted by Gasteiger charge is -2.26. The second kappa shape index (κ2) is 5.63. The minimum Gasteiger partial charge on any atom is -0.398 e. The molecular formula is C12H17FN2O2. The average Bonchev–Trinajstić information content (AvgIpc) is 2.24. The standard InChI is InChI=1S/C12H17FN2O2/c1-8(2)15(5-6-16)12(17)10-4-3-9(13)7-11(10)14/h3-4,7-8,16H,5-6,14H2,1-2H3. The Labute approximate surface area is 99.8 Å². The van der Waals surface area contributed by atoms with Gasteiger partial charge in [-0.2, -0.15) is 0 Å². The summed E-state index contributed by atoms with van der Waals surface area (Å²) in [5.74, 6) is -0.774. The Hall–Kier alpha value is -1.62. The van der Waals surface area contributed by atoms with Gasteiger partial charge < -0.3 is 15.7 Å². The Bertz CT molecular complexity index is 407. The highest BCUT2D eigenvalue weighted by molar-refractivity contribution is 5.99. The fourth-order valence-corrected chi connectivity index (χ4v) is 1.59. The van der Waals surface area contributed by atoms with Crippen molar-refractivity contribution in [2.45, 2.75) is 19.9 Å². The van der Waals surface area contributed by atoms with Gasteiger partial charge in [-0.05, 0) is 32.0 Å². The molecule has 0 fully saturated rings. The molecule has 3 N–H and O–H groups in total. The van der Waals surface area contributed by atoms with Crippen LogP contribution in [0.3, 0.4) is 0 Å². The topological polar surface area (TPSA) is 66.6 Å². The van der Waals surface area contributed by atoms with Crippen LogP contribution in [0.4, 0.5) is 10.1 Å². The molecule has 1 aromatic carbocycles. The Morgan fingerprint density at radius 3 is 2.65 bits per heavy atom. The molecule has 0 aliphatic rings. The number of nitrogens with two attached hydrogens (primary N) is 1. The number of hydrogen-bond acceptors (Lipinski definition) is 3. The first-order valence-electron chi connectivity index (χ1n) is 5.44. The maximum Gasteiger partial charge on any atom is 0.256 e. The highest BCUT2D eigenvalue weighted by atomic mass is 19.1. The summed E-state index contributed by atoms with van der Waals surface area (Å²) in [6.07, 6.45) is 0. The van der Waals surface area contributed by atoms with Crippen LogP contribution in [0.5, 0.6) is 0 Å². The molecule has 0 heterocycles. The lowest BCUT2D eigenvalue weighted by Crippen LogP contribution is -2.39. The first kappa shape index (κ1) is 13.4. The van der Waals surface area contributed by atoms with Crippen LogP contribution in [0.25, 0.3) is 0 Å². The third-order valence-corrected chi connectivity index (χ3v) is 2.47. The van der Waals surface area contributed by atoms with E-state index in [0.29, 0.717) is 0 Å². The number of amides is 1. The summed E-state index contributed by atoms with van der Waals surface area (Å²) < 4.78 is 12.9. The van der Waals surface area contributed by atoms with E-state index in [0.717, 1.165) is 6.07 Å². The van der Waals surface area contributed by atoms with Crippen molar-refractivity contribution in [3.63, 3.8) is 0 Å². The summed E-state index contributed by atoms with van der Waals surface area (Å²) in [6, 6.07) is 3.62. The van der Waals surface area contributed by atoms with Gasteiger partial charge in [0.15, 0.2) is 0 Å². The number of nitrogen functional groups attached to an aromatic ring is 1. The van der Waals surface area contributed by atoms with Crippen LogP contribution >= 0.6 is 0 Å². The Balaban J connectivity index is 3.01. The molecule has 94 valence electrons. The van der Waals surface area contributed by atoms with Crippen LogP contribution in [-0.2, 0) is 0 Å². The quantitative estimate of drug-likeness (QED) is 0.778. The molecular weight excluding hydrogens is 223 g/mol. The van der Waals surface area contributed by atoms with Gasteiger partial charge in [-0.3, -0.25) is 4.79 Å². The third kappa shape index (κ3) is 3.17. The van der Waals surface area contributed by atoms with E-state index in [2.05, 4.69) is 0 Å². The van der Waals surface area contributed by atoms with Crippen molar-refractivity contribution in [1.29, 1.82) is 0 Å². The molecule has 0 aromatic heterocycles. The van der Waals surface area contributed by atoms with Crippen molar-refractivity contribution in [2.24, 2.45) is 0 Å². The highest BCUT2D eigenvalue weighted by Crippen LogP contribution is 2.17. The van der Waals surface area contributed by atoms with E-state index in [1.807, 2.05) is 13.8 Å². The Morgan fingerprint density at radius 1 is 1.53 bits per heavy atom. The van der Waals surface area contributed by atoms with Crippen molar-refractivity contribution in [2.75, 3.05) is 18.9 Å². The molecule has 1 rings (SSSR count). The van der Waals surface area contributed by atoms with Gasteiger partial charge in [-0.25, -0.2) is 4.39 Å². The summed E-state index contributed by atoms with van der Waals surface area (Å²) >= 11 is 0. The maximum absolute atomic E-state index is 12.9. The third-order valence-electron chi connectivity index (χ3n) is 2.47. The number of rotatable bonds is 4. The van der Waals surface area contributed by atoms with Crippen LogP contribution in [-0.4, -0.2) is 35.1 Å². The highest BCUT2D eigenvalue weighted by Gasteiger charge is 2.20. The van der Waals surface area contributed by atoms with E-state index in [9.17, 15) is 9.18 Å². The molecule has 0 aliphatic heterocycles. The number of carbonyl (C=O) groups is 1. The van der Waals surface area contributed by atoms with Crippen molar-refractivity contribution in [3.8, 4) is 0 Å². The molecule has 0 radical (unpaired) electrons. The number of carbonyl (C=O) groups excluding carboxylic acids is 1. The first-order chi connectivity index (χ1) is 7.97. The zero-order chi connectivity index (χ0) is 13.0. The van der Waals surface area contributed by atoms with Crippen molar-refractivity contribution < 1.29 is 14.3 Å². The molecule has 0 spiro atoms. The summed E-state index contributed by atoms with van der Waals surface area (Å²) in [6.45, 7) is 3.79. The number of benzene rings is 1. The number of aliphatic hydroxyl groups is 1. The fraction of sp³-hybridized carbons (Fsp3) is 0.417.